The van der Waals surface area contributed by atoms with Crippen molar-refractivity contribution in [1.82, 2.24) is 4.98 Å². The number of rotatable bonds is 4. The number of fused-ring (bicyclic) bond motifs is 1. The zero-order valence-corrected chi connectivity index (χ0v) is 17.0. The molecule has 7 nitrogen and oxygen atoms in total. The molecular weight excluding hydrogens is 438 g/mol. The van der Waals surface area contributed by atoms with E-state index in [9.17, 15) is 10.2 Å². The van der Waals surface area contributed by atoms with Gasteiger partial charge in [0, 0.05) is 29.2 Å². The van der Waals surface area contributed by atoms with Crippen LogP contribution in [0.3, 0.4) is 0 Å². The van der Waals surface area contributed by atoms with E-state index in [4.69, 9.17) is 9.47 Å². The van der Waals surface area contributed by atoms with Gasteiger partial charge in [0.25, 0.3) is 0 Å². The van der Waals surface area contributed by atoms with Gasteiger partial charge in [-0.2, -0.15) is 5.10 Å². The van der Waals surface area contributed by atoms with Crippen molar-refractivity contribution in [3.8, 4) is 23.0 Å². The second kappa shape index (κ2) is 8.00. The van der Waals surface area contributed by atoms with Crippen LogP contribution in [0, 0.1) is 0 Å². The molecular formula is C21H18BrN3O4. The first-order chi connectivity index (χ1) is 14.0. The second-order valence-corrected chi connectivity index (χ2v) is 7.37. The summed E-state index contributed by atoms with van der Waals surface area (Å²) in [4.78, 5) is 4.25. The van der Waals surface area contributed by atoms with Gasteiger partial charge in [0.1, 0.15) is 34.9 Å². The molecule has 1 aromatic heterocycles. The molecule has 0 unspecified atom stereocenters. The lowest BCUT2D eigenvalue weighted by Gasteiger charge is -2.28. The van der Waals surface area contributed by atoms with Gasteiger partial charge in [0.15, 0.2) is 0 Å². The molecule has 0 amide bonds. The first-order valence-corrected chi connectivity index (χ1v) is 9.64. The van der Waals surface area contributed by atoms with Crippen LogP contribution in [0.5, 0.6) is 23.0 Å². The van der Waals surface area contributed by atoms with Crippen LogP contribution >= 0.6 is 15.9 Å². The Morgan fingerprint density at radius 1 is 1.17 bits per heavy atom. The van der Waals surface area contributed by atoms with Gasteiger partial charge in [-0.05, 0) is 45.8 Å². The summed E-state index contributed by atoms with van der Waals surface area (Å²) in [5, 5.41) is 24.6. The maximum Gasteiger partial charge on any atom is 0.146 e. The molecule has 0 radical (unpaired) electrons. The molecule has 4 rings (SSSR count). The third kappa shape index (κ3) is 4.12. The Hall–Kier alpha value is -3.26. The van der Waals surface area contributed by atoms with E-state index in [2.05, 4.69) is 31.4 Å². The number of hydrogen-bond acceptors (Lipinski definition) is 7. The molecule has 1 atom stereocenters. The molecule has 8 heteroatoms. The van der Waals surface area contributed by atoms with E-state index in [-0.39, 0.29) is 17.6 Å². The van der Waals surface area contributed by atoms with Crippen LogP contribution in [0.1, 0.15) is 23.7 Å². The molecule has 0 spiro atoms. The highest BCUT2D eigenvalue weighted by molar-refractivity contribution is 9.10. The molecule has 29 heavy (non-hydrogen) atoms. The maximum absolute atomic E-state index is 10.5. The fourth-order valence-corrected chi connectivity index (χ4v) is 3.33. The molecule has 0 aliphatic carbocycles. The summed E-state index contributed by atoms with van der Waals surface area (Å²) in [5.74, 6) is 1.72. The van der Waals surface area contributed by atoms with E-state index < -0.39 is 0 Å². The first kappa shape index (κ1) is 19.1. The molecule has 0 bridgehead atoms. The van der Waals surface area contributed by atoms with Gasteiger partial charge in [-0.1, -0.05) is 12.1 Å². The number of aromatic hydroxyl groups is 2. The third-order valence-corrected chi connectivity index (χ3v) is 4.99. The minimum Gasteiger partial charge on any atom is -0.508 e. The molecule has 3 aromatic rings. The molecule has 3 N–H and O–H groups in total. The lowest BCUT2D eigenvalue weighted by atomic mass is 9.94. The molecule has 2 aromatic carbocycles. The fourth-order valence-electron chi connectivity index (χ4n) is 3.09. The Kier molecular flexibility index (Phi) is 5.26. The molecule has 2 heterocycles. The van der Waals surface area contributed by atoms with Crippen molar-refractivity contribution in [2.45, 2.75) is 12.5 Å². The van der Waals surface area contributed by atoms with E-state index in [1.54, 1.807) is 42.6 Å². The normalized spacial score (nSPS) is 16.8. The number of anilines is 1. The SMILES string of the molecule is COc1cc(O)c2c(c1)O[C@H](c1ccc(O)cc1)C/C2=N\Nc1ccc(Br)cn1. The number of nitrogens with one attached hydrogen (secondary N) is 1. The number of hydrazone groups is 1. The van der Waals surface area contributed by atoms with Crippen molar-refractivity contribution in [3.63, 3.8) is 0 Å². The lowest BCUT2D eigenvalue weighted by Crippen LogP contribution is -2.22. The zero-order valence-electron chi connectivity index (χ0n) is 15.5. The summed E-state index contributed by atoms with van der Waals surface area (Å²) < 4.78 is 12.2. The number of halogens is 1. The van der Waals surface area contributed by atoms with E-state index in [0.717, 1.165) is 10.0 Å². The Morgan fingerprint density at radius 2 is 1.97 bits per heavy atom. The summed E-state index contributed by atoms with van der Waals surface area (Å²) in [6.45, 7) is 0. The number of nitrogens with zero attached hydrogens (tertiary/aromatic N) is 2. The quantitative estimate of drug-likeness (QED) is 0.497. The molecule has 1 aliphatic heterocycles. The smallest absolute Gasteiger partial charge is 0.146 e. The van der Waals surface area contributed by atoms with Crippen LogP contribution in [0.25, 0.3) is 0 Å². The van der Waals surface area contributed by atoms with Crippen molar-refractivity contribution < 1.29 is 19.7 Å². The topological polar surface area (TPSA) is 96.2 Å². The largest absolute Gasteiger partial charge is 0.508 e. The Morgan fingerprint density at radius 3 is 2.66 bits per heavy atom. The minimum absolute atomic E-state index is 0.0211. The summed E-state index contributed by atoms with van der Waals surface area (Å²) in [7, 11) is 1.53. The van der Waals surface area contributed by atoms with Crippen molar-refractivity contribution in [2.75, 3.05) is 12.5 Å². The summed E-state index contributed by atoms with van der Waals surface area (Å²) in [6.07, 6.45) is 1.75. The number of phenolic OH excluding ortho intramolecular Hbond substituents is 2. The highest BCUT2D eigenvalue weighted by Gasteiger charge is 2.30. The van der Waals surface area contributed by atoms with Crippen molar-refractivity contribution >= 4 is 27.5 Å². The lowest BCUT2D eigenvalue weighted by molar-refractivity contribution is 0.204. The van der Waals surface area contributed by atoms with E-state index in [1.807, 2.05) is 6.07 Å². The van der Waals surface area contributed by atoms with E-state index in [0.29, 0.717) is 35.0 Å². The molecule has 1 aliphatic rings. The fraction of sp³-hybridized carbons (Fsp3) is 0.143. The number of phenols is 2. The Labute approximate surface area is 175 Å². The minimum atomic E-state index is -0.340. The predicted molar refractivity (Wildman–Crippen MR) is 113 cm³/mol. The number of pyridine rings is 1. The standard InChI is InChI=1S/C21H18BrN3O4/c1-28-15-8-17(27)21-16(24-25-20-7-4-13(22)11-23-20)10-18(29-19(21)9-15)12-2-5-14(26)6-3-12/h2-9,11,18,26-27H,10H2,1H3,(H,23,25)/b24-16+/t18-/m0/s1. The molecule has 148 valence electrons. The monoisotopic (exact) mass is 455 g/mol. The molecule has 0 saturated carbocycles. The predicted octanol–water partition coefficient (Wildman–Crippen LogP) is 4.60. The second-order valence-electron chi connectivity index (χ2n) is 6.45. The van der Waals surface area contributed by atoms with Crippen molar-refractivity contribution in [1.29, 1.82) is 0 Å². The number of ether oxygens (including phenoxy) is 2. The van der Waals surface area contributed by atoms with E-state index in [1.165, 1.54) is 13.2 Å². The van der Waals surface area contributed by atoms with E-state index >= 15 is 0 Å². The van der Waals surface area contributed by atoms with Crippen LogP contribution < -0.4 is 14.9 Å². The first-order valence-electron chi connectivity index (χ1n) is 8.84. The number of hydrogen-bond donors (Lipinski definition) is 3. The highest BCUT2D eigenvalue weighted by Crippen LogP contribution is 2.42. The number of aromatic nitrogens is 1. The van der Waals surface area contributed by atoms with Crippen LogP contribution in [-0.2, 0) is 0 Å². The average molecular weight is 456 g/mol. The highest BCUT2D eigenvalue weighted by atomic mass is 79.9. The zero-order chi connectivity index (χ0) is 20.4. The third-order valence-electron chi connectivity index (χ3n) is 4.52. The van der Waals surface area contributed by atoms with Gasteiger partial charge in [-0.25, -0.2) is 4.98 Å². The summed E-state index contributed by atoms with van der Waals surface area (Å²) in [6, 6.07) is 13.7. The van der Waals surface area contributed by atoms with Crippen LogP contribution in [0.2, 0.25) is 0 Å². The van der Waals surface area contributed by atoms with Gasteiger partial charge in [0.2, 0.25) is 0 Å². The van der Waals surface area contributed by atoms with Gasteiger partial charge in [-0.3, -0.25) is 5.43 Å². The van der Waals surface area contributed by atoms with Crippen LogP contribution in [0.4, 0.5) is 5.82 Å². The van der Waals surface area contributed by atoms with Crippen molar-refractivity contribution in [2.24, 2.45) is 5.10 Å². The Bertz CT molecular complexity index is 1050. The van der Waals surface area contributed by atoms with Gasteiger partial charge in [0.05, 0.1) is 18.4 Å². The van der Waals surface area contributed by atoms with Gasteiger partial charge < -0.3 is 19.7 Å². The van der Waals surface area contributed by atoms with Crippen LogP contribution in [-0.4, -0.2) is 28.0 Å². The van der Waals surface area contributed by atoms with Crippen molar-refractivity contribution in [3.05, 3.63) is 70.3 Å². The molecule has 0 saturated heterocycles. The van der Waals surface area contributed by atoms with Crippen LogP contribution in [0.15, 0.2) is 64.3 Å². The summed E-state index contributed by atoms with van der Waals surface area (Å²) in [5.41, 5.74) is 4.94. The molecule has 0 fully saturated rings. The van der Waals surface area contributed by atoms with Gasteiger partial charge >= 0.3 is 0 Å². The maximum atomic E-state index is 10.5. The summed E-state index contributed by atoms with van der Waals surface area (Å²) >= 11 is 3.35. The number of methoxy groups -OCH3 is 1. The number of benzene rings is 2. The van der Waals surface area contributed by atoms with Gasteiger partial charge in [-0.15, -0.1) is 0 Å². The average Bonchev–Trinajstić information content (AvgIpc) is 2.73. The Balaban J connectivity index is 1.73.